The third-order valence-electron chi connectivity index (χ3n) is 3.35. The lowest BCUT2D eigenvalue weighted by molar-refractivity contribution is -0.0186. The number of nitrogens with two attached hydrogens (primary N) is 1. The molecule has 0 radical (unpaired) electrons. The minimum absolute atomic E-state index is 0.201. The smallest absolute Gasteiger partial charge is 0.126 e. The average molecular weight is 225 g/mol. The highest BCUT2D eigenvalue weighted by Crippen LogP contribution is 2.21. The lowest BCUT2D eigenvalue weighted by Crippen LogP contribution is -2.48. The summed E-state index contributed by atoms with van der Waals surface area (Å²) in [7, 11) is 1.64. The molecule has 0 heterocycles. The third kappa shape index (κ3) is 2.80. The summed E-state index contributed by atoms with van der Waals surface area (Å²) in [6.45, 7) is 3.98. The highest BCUT2D eigenvalue weighted by molar-refractivity contribution is 5.19. The van der Waals surface area contributed by atoms with Gasteiger partial charge in [-0.15, -0.1) is 0 Å². The molecule has 3 heteroatoms. The molecule has 0 aromatic heterocycles. The maximum absolute atomic E-state index is 13.4. The molecule has 1 aromatic rings. The van der Waals surface area contributed by atoms with E-state index < -0.39 is 5.60 Å². The van der Waals surface area contributed by atoms with Gasteiger partial charge in [0.15, 0.2) is 0 Å². The van der Waals surface area contributed by atoms with Crippen molar-refractivity contribution in [1.82, 2.24) is 0 Å². The molecular formula is C13H20FNO. The van der Waals surface area contributed by atoms with Crippen molar-refractivity contribution >= 4 is 0 Å². The Labute approximate surface area is 96.6 Å². The van der Waals surface area contributed by atoms with Gasteiger partial charge in [0.2, 0.25) is 0 Å². The molecule has 16 heavy (non-hydrogen) atoms. The first kappa shape index (κ1) is 13.1. The van der Waals surface area contributed by atoms with E-state index in [1.54, 1.807) is 19.2 Å². The van der Waals surface area contributed by atoms with Gasteiger partial charge >= 0.3 is 0 Å². The van der Waals surface area contributed by atoms with Crippen LogP contribution in [0.1, 0.15) is 25.8 Å². The molecule has 0 saturated heterocycles. The van der Waals surface area contributed by atoms with E-state index in [0.29, 0.717) is 12.0 Å². The van der Waals surface area contributed by atoms with Crippen molar-refractivity contribution < 1.29 is 9.13 Å². The average Bonchev–Trinajstić information content (AvgIpc) is 2.31. The Bertz CT molecular complexity index is 336. The van der Waals surface area contributed by atoms with Crippen LogP contribution in [0, 0.1) is 5.82 Å². The Balaban J connectivity index is 2.78. The van der Waals surface area contributed by atoms with Gasteiger partial charge in [-0.05, 0) is 31.4 Å². The number of methoxy groups -OCH3 is 1. The quantitative estimate of drug-likeness (QED) is 0.835. The highest BCUT2D eigenvalue weighted by Gasteiger charge is 2.30. The van der Waals surface area contributed by atoms with E-state index >= 15 is 0 Å². The standard InChI is InChI=1S/C13H20FNO/c1-4-13(2,16-3)12(15)9-10-7-5-6-8-11(10)14/h5-8,12H,4,9,15H2,1-3H3. The van der Waals surface area contributed by atoms with E-state index in [0.717, 1.165) is 6.42 Å². The van der Waals surface area contributed by atoms with Crippen molar-refractivity contribution in [3.05, 3.63) is 35.6 Å². The normalized spacial score (nSPS) is 16.8. The van der Waals surface area contributed by atoms with Gasteiger partial charge in [-0.3, -0.25) is 0 Å². The van der Waals surface area contributed by atoms with Gasteiger partial charge < -0.3 is 10.5 Å². The summed E-state index contributed by atoms with van der Waals surface area (Å²) in [5.41, 5.74) is 6.33. The van der Waals surface area contributed by atoms with Crippen LogP contribution >= 0.6 is 0 Å². The van der Waals surface area contributed by atoms with Crippen molar-refractivity contribution in [3.63, 3.8) is 0 Å². The molecule has 2 atom stereocenters. The Morgan fingerprint density at radius 1 is 1.44 bits per heavy atom. The zero-order valence-corrected chi connectivity index (χ0v) is 10.2. The fourth-order valence-electron chi connectivity index (χ4n) is 1.67. The number of ether oxygens (including phenoxy) is 1. The number of hydrogen-bond acceptors (Lipinski definition) is 2. The summed E-state index contributed by atoms with van der Waals surface area (Å²) >= 11 is 0. The minimum Gasteiger partial charge on any atom is -0.377 e. The zero-order chi connectivity index (χ0) is 12.2. The van der Waals surface area contributed by atoms with Crippen LogP contribution in [0.15, 0.2) is 24.3 Å². The van der Waals surface area contributed by atoms with Gasteiger partial charge in [-0.1, -0.05) is 25.1 Å². The second-order valence-electron chi connectivity index (χ2n) is 4.27. The van der Waals surface area contributed by atoms with E-state index in [2.05, 4.69) is 0 Å². The van der Waals surface area contributed by atoms with Crippen LogP contribution in [0.3, 0.4) is 0 Å². The fourth-order valence-corrected chi connectivity index (χ4v) is 1.67. The number of hydrogen-bond donors (Lipinski definition) is 1. The maximum Gasteiger partial charge on any atom is 0.126 e. The lowest BCUT2D eigenvalue weighted by Gasteiger charge is -2.33. The van der Waals surface area contributed by atoms with E-state index in [4.69, 9.17) is 10.5 Å². The molecule has 1 aromatic carbocycles. The molecule has 0 amide bonds. The summed E-state index contributed by atoms with van der Waals surface area (Å²) in [6, 6.07) is 6.51. The van der Waals surface area contributed by atoms with Crippen molar-refractivity contribution in [2.75, 3.05) is 7.11 Å². The SMILES string of the molecule is CCC(C)(OC)C(N)Cc1ccccc1F. The molecule has 0 spiro atoms. The molecule has 2 nitrogen and oxygen atoms in total. The van der Waals surface area contributed by atoms with Gasteiger partial charge in [-0.25, -0.2) is 4.39 Å². The molecule has 0 aliphatic heterocycles. The van der Waals surface area contributed by atoms with E-state index in [1.165, 1.54) is 6.07 Å². The van der Waals surface area contributed by atoms with Crippen molar-refractivity contribution in [2.24, 2.45) is 5.73 Å². The Morgan fingerprint density at radius 3 is 2.56 bits per heavy atom. The topological polar surface area (TPSA) is 35.2 Å². The first-order chi connectivity index (χ1) is 7.53. The molecule has 0 bridgehead atoms. The Morgan fingerprint density at radius 2 is 2.06 bits per heavy atom. The molecule has 2 N–H and O–H groups in total. The first-order valence-electron chi connectivity index (χ1n) is 5.57. The lowest BCUT2D eigenvalue weighted by atomic mass is 9.89. The second-order valence-corrected chi connectivity index (χ2v) is 4.27. The van der Waals surface area contributed by atoms with Crippen LogP contribution in [-0.4, -0.2) is 18.8 Å². The maximum atomic E-state index is 13.4. The molecule has 2 unspecified atom stereocenters. The molecule has 0 aliphatic carbocycles. The Hall–Kier alpha value is -0.930. The fraction of sp³-hybridized carbons (Fsp3) is 0.538. The largest absolute Gasteiger partial charge is 0.377 e. The predicted octanol–water partition coefficient (Wildman–Crippen LogP) is 2.51. The van der Waals surface area contributed by atoms with E-state index in [-0.39, 0.29) is 11.9 Å². The van der Waals surface area contributed by atoms with Crippen LogP contribution in [0.4, 0.5) is 4.39 Å². The predicted molar refractivity (Wildman–Crippen MR) is 63.8 cm³/mol. The van der Waals surface area contributed by atoms with Crippen molar-refractivity contribution in [3.8, 4) is 0 Å². The van der Waals surface area contributed by atoms with Crippen molar-refractivity contribution in [2.45, 2.75) is 38.3 Å². The van der Waals surface area contributed by atoms with Gasteiger partial charge in [0.25, 0.3) is 0 Å². The minimum atomic E-state index is -0.401. The van der Waals surface area contributed by atoms with Crippen molar-refractivity contribution in [1.29, 1.82) is 0 Å². The highest BCUT2D eigenvalue weighted by atomic mass is 19.1. The molecule has 1 rings (SSSR count). The Kier molecular flexibility index (Phi) is 4.44. The van der Waals surface area contributed by atoms with Crippen LogP contribution in [0.25, 0.3) is 0 Å². The molecule has 0 fully saturated rings. The monoisotopic (exact) mass is 225 g/mol. The number of halogens is 1. The summed E-state index contributed by atoms with van der Waals surface area (Å²) in [4.78, 5) is 0. The molecule has 90 valence electrons. The number of benzene rings is 1. The third-order valence-corrected chi connectivity index (χ3v) is 3.35. The van der Waals surface area contributed by atoms with E-state index in [1.807, 2.05) is 19.9 Å². The van der Waals surface area contributed by atoms with Crippen LogP contribution in [0.2, 0.25) is 0 Å². The summed E-state index contributed by atoms with van der Waals surface area (Å²) < 4.78 is 18.9. The van der Waals surface area contributed by atoms with Gasteiger partial charge in [0, 0.05) is 13.2 Å². The molecule has 0 saturated carbocycles. The van der Waals surface area contributed by atoms with Gasteiger partial charge in [0.05, 0.1) is 5.60 Å². The zero-order valence-electron chi connectivity index (χ0n) is 10.2. The van der Waals surface area contributed by atoms with Crippen LogP contribution in [-0.2, 0) is 11.2 Å². The van der Waals surface area contributed by atoms with E-state index in [9.17, 15) is 4.39 Å². The molecule has 0 aliphatic rings. The number of rotatable bonds is 5. The summed E-state index contributed by atoms with van der Waals surface area (Å²) in [6.07, 6.45) is 1.30. The van der Waals surface area contributed by atoms with Crippen LogP contribution in [0.5, 0.6) is 0 Å². The van der Waals surface area contributed by atoms with Gasteiger partial charge in [-0.2, -0.15) is 0 Å². The summed E-state index contributed by atoms with van der Waals surface area (Å²) in [5.74, 6) is -0.201. The van der Waals surface area contributed by atoms with Crippen LogP contribution < -0.4 is 5.73 Å². The molecular weight excluding hydrogens is 205 g/mol. The first-order valence-corrected chi connectivity index (χ1v) is 5.57. The summed E-state index contributed by atoms with van der Waals surface area (Å²) in [5, 5.41) is 0. The second kappa shape index (κ2) is 5.41. The van der Waals surface area contributed by atoms with Gasteiger partial charge in [0.1, 0.15) is 5.82 Å².